The van der Waals surface area contributed by atoms with Crippen LogP contribution in [0.25, 0.3) is 0 Å². The van der Waals surface area contributed by atoms with Gasteiger partial charge in [-0.1, -0.05) is 30.3 Å². The normalized spacial score (nSPS) is 17.6. The molecule has 1 aliphatic rings. The number of carbonyl (C=O) groups is 1. The number of amides is 2. The van der Waals surface area contributed by atoms with E-state index in [4.69, 9.17) is 4.74 Å². The molecular formula is C15H18N4O2. The largest absolute Gasteiger partial charge is 0.379 e. The van der Waals surface area contributed by atoms with Gasteiger partial charge in [0, 0.05) is 19.3 Å². The predicted octanol–water partition coefficient (Wildman–Crippen LogP) is 2.17. The van der Waals surface area contributed by atoms with E-state index in [2.05, 4.69) is 15.7 Å². The minimum absolute atomic E-state index is 0.235. The van der Waals surface area contributed by atoms with Gasteiger partial charge in [-0.05, 0) is 12.0 Å². The van der Waals surface area contributed by atoms with Gasteiger partial charge in [-0.25, -0.2) is 4.79 Å². The maximum absolute atomic E-state index is 11.8. The summed E-state index contributed by atoms with van der Waals surface area (Å²) in [5, 5.41) is 9.86. The molecule has 2 N–H and O–H groups in total. The molecule has 2 aromatic rings. The minimum Gasteiger partial charge on any atom is -0.379 e. The summed E-state index contributed by atoms with van der Waals surface area (Å²) in [5.41, 5.74) is 1.75. The maximum atomic E-state index is 11.8. The lowest BCUT2D eigenvalue weighted by Crippen LogP contribution is -2.28. The Kier molecular flexibility index (Phi) is 4.16. The fraction of sp³-hybridized carbons (Fsp3) is 0.333. The molecule has 0 saturated carbocycles. The molecule has 1 aromatic heterocycles. The molecule has 2 heterocycles. The van der Waals surface area contributed by atoms with Crippen molar-refractivity contribution in [2.75, 3.05) is 18.5 Å². The third kappa shape index (κ3) is 3.61. The lowest BCUT2D eigenvalue weighted by molar-refractivity contribution is 0.184. The lowest BCUT2D eigenvalue weighted by atomic mass is 10.2. The van der Waals surface area contributed by atoms with Crippen molar-refractivity contribution in [2.45, 2.75) is 19.0 Å². The van der Waals surface area contributed by atoms with Crippen molar-refractivity contribution in [3.63, 3.8) is 0 Å². The van der Waals surface area contributed by atoms with E-state index in [0.29, 0.717) is 18.8 Å². The summed E-state index contributed by atoms with van der Waals surface area (Å²) in [6.07, 6.45) is 4.45. The molecule has 6 nitrogen and oxygen atoms in total. The van der Waals surface area contributed by atoms with E-state index in [1.807, 2.05) is 41.2 Å². The first-order valence-electron chi connectivity index (χ1n) is 7.02. The number of nitrogens with zero attached hydrogens (tertiary/aromatic N) is 2. The molecule has 1 atom stereocenters. The highest BCUT2D eigenvalue weighted by atomic mass is 16.5. The third-order valence-corrected chi connectivity index (χ3v) is 3.44. The highest BCUT2D eigenvalue weighted by Gasteiger charge is 2.18. The van der Waals surface area contributed by atoms with Crippen molar-refractivity contribution in [3.05, 3.63) is 48.3 Å². The monoisotopic (exact) mass is 286 g/mol. The Morgan fingerprint density at radius 3 is 3.00 bits per heavy atom. The fourth-order valence-electron chi connectivity index (χ4n) is 2.29. The minimum atomic E-state index is -0.235. The van der Waals surface area contributed by atoms with Crippen LogP contribution in [0.15, 0.2) is 42.7 Å². The van der Waals surface area contributed by atoms with E-state index < -0.39 is 0 Å². The molecule has 0 spiro atoms. The first kappa shape index (κ1) is 13.6. The van der Waals surface area contributed by atoms with Crippen LogP contribution in [0.1, 0.15) is 18.0 Å². The summed E-state index contributed by atoms with van der Waals surface area (Å²) < 4.78 is 7.18. The average molecular weight is 286 g/mol. The number of carbonyl (C=O) groups excluding carboxylic acids is 1. The van der Waals surface area contributed by atoms with Crippen molar-refractivity contribution in [2.24, 2.45) is 0 Å². The van der Waals surface area contributed by atoms with Crippen molar-refractivity contribution in [1.29, 1.82) is 0 Å². The van der Waals surface area contributed by atoms with Crippen LogP contribution >= 0.6 is 0 Å². The SMILES string of the molecule is O=C(NCc1ccccc1)Nc1cnn(C2CCOC2)c1. The Morgan fingerprint density at radius 1 is 1.38 bits per heavy atom. The predicted molar refractivity (Wildman–Crippen MR) is 79.0 cm³/mol. The van der Waals surface area contributed by atoms with Crippen molar-refractivity contribution < 1.29 is 9.53 Å². The average Bonchev–Trinajstić information content (AvgIpc) is 3.17. The summed E-state index contributed by atoms with van der Waals surface area (Å²) in [6, 6.07) is 9.82. The van der Waals surface area contributed by atoms with Crippen LogP contribution < -0.4 is 10.6 Å². The van der Waals surface area contributed by atoms with Gasteiger partial charge in [-0.2, -0.15) is 5.10 Å². The van der Waals surface area contributed by atoms with Gasteiger partial charge in [0.15, 0.2) is 0 Å². The standard InChI is InChI=1S/C15H18N4O2/c20-15(16-8-12-4-2-1-3-5-12)18-13-9-17-19(10-13)14-6-7-21-11-14/h1-5,9-10,14H,6-8,11H2,(H2,16,18,20). The van der Waals surface area contributed by atoms with Crippen LogP contribution in [0.5, 0.6) is 0 Å². The first-order chi connectivity index (χ1) is 10.3. The molecule has 0 aliphatic carbocycles. The van der Waals surface area contributed by atoms with Crippen LogP contribution in [-0.2, 0) is 11.3 Å². The number of urea groups is 1. The summed E-state index contributed by atoms with van der Waals surface area (Å²) in [4.78, 5) is 11.8. The Labute approximate surface area is 123 Å². The van der Waals surface area contributed by atoms with Gasteiger partial charge in [0.1, 0.15) is 0 Å². The molecule has 0 bridgehead atoms. The number of benzene rings is 1. The Bertz CT molecular complexity index is 591. The molecule has 1 fully saturated rings. The summed E-state index contributed by atoms with van der Waals surface area (Å²) in [6.45, 7) is 1.95. The molecule has 6 heteroatoms. The molecular weight excluding hydrogens is 268 g/mol. The summed E-state index contributed by atoms with van der Waals surface area (Å²) in [5.74, 6) is 0. The number of ether oxygens (including phenoxy) is 1. The topological polar surface area (TPSA) is 68.2 Å². The second kappa shape index (κ2) is 6.41. The Balaban J connectivity index is 1.50. The fourth-order valence-corrected chi connectivity index (χ4v) is 2.29. The number of rotatable bonds is 4. The smallest absolute Gasteiger partial charge is 0.319 e. The van der Waals surface area contributed by atoms with Crippen LogP contribution in [-0.4, -0.2) is 29.0 Å². The molecule has 2 amide bonds. The third-order valence-electron chi connectivity index (χ3n) is 3.44. The molecule has 21 heavy (non-hydrogen) atoms. The molecule has 0 radical (unpaired) electrons. The zero-order valence-electron chi connectivity index (χ0n) is 11.7. The molecule has 1 aliphatic heterocycles. The van der Waals surface area contributed by atoms with E-state index in [1.165, 1.54) is 0 Å². The van der Waals surface area contributed by atoms with E-state index in [-0.39, 0.29) is 12.1 Å². The van der Waals surface area contributed by atoms with Gasteiger partial charge < -0.3 is 15.4 Å². The molecule has 3 rings (SSSR count). The second-order valence-corrected chi connectivity index (χ2v) is 5.02. The van der Waals surface area contributed by atoms with Crippen molar-refractivity contribution in [1.82, 2.24) is 15.1 Å². The first-order valence-corrected chi connectivity index (χ1v) is 7.02. The van der Waals surface area contributed by atoms with E-state index in [9.17, 15) is 4.79 Å². The maximum Gasteiger partial charge on any atom is 0.319 e. The molecule has 1 saturated heterocycles. The quantitative estimate of drug-likeness (QED) is 0.905. The molecule has 110 valence electrons. The lowest BCUT2D eigenvalue weighted by Gasteiger charge is -2.07. The van der Waals surface area contributed by atoms with Crippen LogP contribution in [0.2, 0.25) is 0 Å². The van der Waals surface area contributed by atoms with Gasteiger partial charge >= 0.3 is 6.03 Å². The summed E-state index contributed by atoms with van der Waals surface area (Å²) >= 11 is 0. The molecule has 1 aromatic carbocycles. The summed E-state index contributed by atoms with van der Waals surface area (Å²) in [7, 11) is 0. The number of nitrogens with one attached hydrogen (secondary N) is 2. The van der Waals surface area contributed by atoms with E-state index >= 15 is 0 Å². The number of anilines is 1. The van der Waals surface area contributed by atoms with Crippen LogP contribution in [0.3, 0.4) is 0 Å². The Morgan fingerprint density at radius 2 is 2.24 bits per heavy atom. The van der Waals surface area contributed by atoms with Gasteiger partial charge in [0.2, 0.25) is 0 Å². The zero-order valence-corrected chi connectivity index (χ0v) is 11.7. The van der Waals surface area contributed by atoms with Gasteiger partial charge in [-0.15, -0.1) is 0 Å². The highest BCUT2D eigenvalue weighted by Crippen LogP contribution is 2.19. The van der Waals surface area contributed by atoms with Crippen molar-refractivity contribution >= 4 is 11.7 Å². The Hall–Kier alpha value is -2.34. The number of hydrogen-bond acceptors (Lipinski definition) is 3. The number of hydrogen-bond donors (Lipinski definition) is 2. The second-order valence-electron chi connectivity index (χ2n) is 5.02. The molecule has 1 unspecified atom stereocenters. The van der Waals surface area contributed by atoms with Gasteiger partial charge in [0.05, 0.1) is 24.5 Å². The van der Waals surface area contributed by atoms with Crippen LogP contribution in [0, 0.1) is 0 Å². The van der Waals surface area contributed by atoms with Gasteiger partial charge in [0.25, 0.3) is 0 Å². The van der Waals surface area contributed by atoms with E-state index in [0.717, 1.165) is 18.6 Å². The highest BCUT2D eigenvalue weighted by molar-refractivity contribution is 5.88. The van der Waals surface area contributed by atoms with Crippen molar-refractivity contribution in [3.8, 4) is 0 Å². The zero-order chi connectivity index (χ0) is 14.5. The van der Waals surface area contributed by atoms with Crippen LogP contribution in [0.4, 0.5) is 10.5 Å². The van der Waals surface area contributed by atoms with E-state index in [1.54, 1.807) is 6.20 Å². The number of aromatic nitrogens is 2. The van der Waals surface area contributed by atoms with Gasteiger partial charge in [-0.3, -0.25) is 4.68 Å².